The van der Waals surface area contributed by atoms with Gasteiger partial charge in [-0.15, -0.1) is 0 Å². The SMILES string of the molecule is CC(C)(C)c1c(C#N)cnc2cc(Br)ccc12. The highest BCUT2D eigenvalue weighted by Crippen LogP contribution is 2.32. The lowest BCUT2D eigenvalue weighted by atomic mass is 9.82. The van der Waals surface area contributed by atoms with Crippen LogP contribution in [0.4, 0.5) is 0 Å². The summed E-state index contributed by atoms with van der Waals surface area (Å²) in [5.74, 6) is 0. The van der Waals surface area contributed by atoms with Gasteiger partial charge in [-0.25, -0.2) is 0 Å². The van der Waals surface area contributed by atoms with E-state index in [9.17, 15) is 5.26 Å². The van der Waals surface area contributed by atoms with Crippen molar-refractivity contribution in [2.24, 2.45) is 0 Å². The highest BCUT2D eigenvalue weighted by Gasteiger charge is 2.21. The first-order chi connectivity index (χ1) is 7.93. The van der Waals surface area contributed by atoms with Crippen LogP contribution in [0.3, 0.4) is 0 Å². The van der Waals surface area contributed by atoms with Gasteiger partial charge in [0.2, 0.25) is 0 Å². The minimum atomic E-state index is -0.0694. The van der Waals surface area contributed by atoms with Crippen LogP contribution in [0.25, 0.3) is 10.9 Å². The van der Waals surface area contributed by atoms with E-state index in [-0.39, 0.29) is 5.41 Å². The van der Waals surface area contributed by atoms with Crippen LogP contribution < -0.4 is 0 Å². The number of nitriles is 1. The maximum absolute atomic E-state index is 9.20. The number of halogens is 1. The summed E-state index contributed by atoms with van der Waals surface area (Å²) in [6.07, 6.45) is 1.66. The van der Waals surface area contributed by atoms with Gasteiger partial charge in [0.15, 0.2) is 0 Å². The smallest absolute Gasteiger partial charge is 0.101 e. The normalized spacial score (nSPS) is 11.5. The molecule has 0 aliphatic heterocycles. The van der Waals surface area contributed by atoms with Crippen molar-refractivity contribution in [1.29, 1.82) is 5.26 Å². The zero-order valence-electron chi connectivity index (χ0n) is 10.1. The minimum Gasteiger partial charge on any atom is -0.255 e. The number of hydrogen-bond acceptors (Lipinski definition) is 2. The van der Waals surface area contributed by atoms with Crippen molar-refractivity contribution in [1.82, 2.24) is 4.98 Å². The van der Waals surface area contributed by atoms with E-state index in [4.69, 9.17) is 0 Å². The topological polar surface area (TPSA) is 36.7 Å². The van der Waals surface area contributed by atoms with E-state index < -0.39 is 0 Å². The Labute approximate surface area is 109 Å². The van der Waals surface area contributed by atoms with Gasteiger partial charge >= 0.3 is 0 Å². The zero-order valence-corrected chi connectivity index (χ0v) is 11.7. The molecule has 1 aromatic carbocycles. The predicted molar refractivity (Wildman–Crippen MR) is 72.9 cm³/mol. The summed E-state index contributed by atoms with van der Waals surface area (Å²) in [6, 6.07) is 8.22. The van der Waals surface area contributed by atoms with E-state index >= 15 is 0 Å². The van der Waals surface area contributed by atoms with E-state index in [1.165, 1.54) is 0 Å². The van der Waals surface area contributed by atoms with Crippen LogP contribution in [-0.2, 0) is 5.41 Å². The van der Waals surface area contributed by atoms with Crippen LogP contribution in [0.15, 0.2) is 28.9 Å². The van der Waals surface area contributed by atoms with Crippen molar-refractivity contribution in [3.05, 3.63) is 40.0 Å². The quantitative estimate of drug-likeness (QED) is 0.730. The summed E-state index contributed by atoms with van der Waals surface area (Å²) in [6.45, 7) is 6.35. The Morgan fingerprint density at radius 1 is 1.29 bits per heavy atom. The molecule has 0 radical (unpaired) electrons. The van der Waals surface area contributed by atoms with Gasteiger partial charge in [-0.05, 0) is 23.1 Å². The number of benzene rings is 1. The molecule has 3 heteroatoms. The fraction of sp³-hybridized carbons (Fsp3) is 0.286. The molecule has 0 saturated heterocycles. The molecule has 0 amide bonds. The summed E-state index contributed by atoms with van der Waals surface area (Å²) in [5.41, 5.74) is 2.58. The summed E-state index contributed by atoms with van der Waals surface area (Å²) in [4.78, 5) is 4.33. The molecule has 0 atom stereocenters. The fourth-order valence-electron chi connectivity index (χ4n) is 2.06. The largest absolute Gasteiger partial charge is 0.255 e. The molecule has 17 heavy (non-hydrogen) atoms. The lowest BCUT2D eigenvalue weighted by Gasteiger charge is -2.22. The van der Waals surface area contributed by atoms with Gasteiger partial charge in [-0.1, -0.05) is 42.8 Å². The Balaban J connectivity index is 2.90. The molecular weight excluding hydrogens is 276 g/mol. The third-order valence-corrected chi connectivity index (χ3v) is 3.19. The van der Waals surface area contributed by atoms with E-state index in [0.717, 1.165) is 20.9 Å². The van der Waals surface area contributed by atoms with Crippen molar-refractivity contribution < 1.29 is 0 Å². The average Bonchev–Trinajstić information content (AvgIpc) is 2.25. The highest BCUT2D eigenvalue weighted by atomic mass is 79.9. The van der Waals surface area contributed by atoms with Gasteiger partial charge in [0.1, 0.15) is 6.07 Å². The van der Waals surface area contributed by atoms with Crippen molar-refractivity contribution >= 4 is 26.8 Å². The third-order valence-electron chi connectivity index (χ3n) is 2.70. The number of hydrogen-bond donors (Lipinski definition) is 0. The first kappa shape index (κ1) is 12.1. The number of pyridine rings is 1. The van der Waals surface area contributed by atoms with Gasteiger partial charge in [0, 0.05) is 16.1 Å². The molecule has 1 aromatic heterocycles. The van der Waals surface area contributed by atoms with Crippen LogP contribution in [0.1, 0.15) is 31.9 Å². The van der Waals surface area contributed by atoms with Gasteiger partial charge in [-0.2, -0.15) is 5.26 Å². The molecule has 0 unspecified atom stereocenters. The minimum absolute atomic E-state index is 0.0694. The maximum Gasteiger partial charge on any atom is 0.101 e. The molecule has 2 aromatic rings. The van der Waals surface area contributed by atoms with Crippen LogP contribution in [0.2, 0.25) is 0 Å². The first-order valence-corrected chi connectivity index (χ1v) is 6.21. The van der Waals surface area contributed by atoms with E-state index in [1.807, 2.05) is 18.2 Å². The standard InChI is InChI=1S/C14H13BrN2/c1-14(2,3)13-9(7-16)8-17-12-6-10(15)4-5-11(12)13/h4-6,8H,1-3H3. The van der Waals surface area contributed by atoms with Crippen molar-refractivity contribution in [3.8, 4) is 6.07 Å². The Bertz CT molecular complexity index is 618. The van der Waals surface area contributed by atoms with Gasteiger partial charge < -0.3 is 0 Å². The number of rotatable bonds is 0. The summed E-state index contributed by atoms with van der Waals surface area (Å²) >= 11 is 3.44. The maximum atomic E-state index is 9.20. The molecule has 0 fully saturated rings. The molecule has 0 aliphatic carbocycles. The molecule has 0 spiro atoms. The molecule has 0 aliphatic rings. The Morgan fingerprint density at radius 2 is 2.00 bits per heavy atom. The van der Waals surface area contributed by atoms with Gasteiger partial charge in [-0.3, -0.25) is 4.98 Å². The molecule has 0 N–H and O–H groups in total. The first-order valence-electron chi connectivity index (χ1n) is 5.42. The second-order valence-electron chi connectivity index (χ2n) is 5.07. The number of aromatic nitrogens is 1. The summed E-state index contributed by atoms with van der Waals surface area (Å²) in [5, 5.41) is 10.3. The Hall–Kier alpha value is -1.40. The zero-order chi connectivity index (χ0) is 12.6. The fourth-order valence-corrected chi connectivity index (χ4v) is 2.41. The van der Waals surface area contributed by atoms with Crippen molar-refractivity contribution in [2.75, 3.05) is 0 Å². The van der Waals surface area contributed by atoms with Crippen LogP contribution in [-0.4, -0.2) is 4.98 Å². The molecule has 0 bridgehead atoms. The van der Waals surface area contributed by atoms with E-state index in [1.54, 1.807) is 6.20 Å². The molecule has 1 heterocycles. The second-order valence-corrected chi connectivity index (χ2v) is 5.99. The van der Waals surface area contributed by atoms with Crippen LogP contribution in [0.5, 0.6) is 0 Å². The lowest BCUT2D eigenvalue weighted by molar-refractivity contribution is 0.593. The van der Waals surface area contributed by atoms with Gasteiger partial charge in [0.25, 0.3) is 0 Å². The number of fused-ring (bicyclic) bond motifs is 1. The van der Waals surface area contributed by atoms with Crippen LogP contribution in [0, 0.1) is 11.3 Å². The molecule has 86 valence electrons. The van der Waals surface area contributed by atoms with E-state index in [2.05, 4.69) is 47.8 Å². The molecule has 2 nitrogen and oxygen atoms in total. The second kappa shape index (κ2) is 4.12. The summed E-state index contributed by atoms with van der Waals surface area (Å²) in [7, 11) is 0. The van der Waals surface area contributed by atoms with E-state index in [0.29, 0.717) is 5.56 Å². The van der Waals surface area contributed by atoms with Crippen LogP contribution >= 0.6 is 15.9 Å². The lowest BCUT2D eigenvalue weighted by Crippen LogP contribution is -2.14. The average molecular weight is 289 g/mol. The Kier molecular flexibility index (Phi) is 2.92. The summed E-state index contributed by atoms with van der Waals surface area (Å²) < 4.78 is 1.00. The van der Waals surface area contributed by atoms with Gasteiger partial charge in [0.05, 0.1) is 11.1 Å². The van der Waals surface area contributed by atoms with Crippen molar-refractivity contribution in [3.63, 3.8) is 0 Å². The molecule has 2 rings (SSSR count). The number of nitrogens with zero attached hydrogens (tertiary/aromatic N) is 2. The molecule has 0 saturated carbocycles. The predicted octanol–water partition coefficient (Wildman–Crippen LogP) is 4.17. The monoisotopic (exact) mass is 288 g/mol. The highest BCUT2D eigenvalue weighted by molar-refractivity contribution is 9.10. The third kappa shape index (κ3) is 2.18. The Morgan fingerprint density at radius 3 is 2.59 bits per heavy atom. The van der Waals surface area contributed by atoms with Crippen molar-refractivity contribution in [2.45, 2.75) is 26.2 Å². The molecular formula is C14H13BrN2.